The second-order valence-corrected chi connectivity index (χ2v) is 5.05. The summed E-state index contributed by atoms with van der Waals surface area (Å²) in [6, 6.07) is 4.96. The van der Waals surface area contributed by atoms with Crippen molar-refractivity contribution in [1.82, 2.24) is 0 Å². The van der Waals surface area contributed by atoms with Crippen LogP contribution in [0.1, 0.15) is 12.0 Å². The summed E-state index contributed by atoms with van der Waals surface area (Å²) in [7, 11) is 0. The topological polar surface area (TPSA) is 61.6 Å². The van der Waals surface area contributed by atoms with Crippen molar-refractivity contribution in [3.63, 3.8) is 0 Å². The smallest absolute Gasteiger partial charge is 0.283 e. The number of halogens is 1. The summed E-state index contributed by atoms with van der Waals surface area (Å²) in [6.45, 7) is 2.55. The highest BCUT2D eigenvalue weighted by atomic mass is 79.9. The van der Waals surface area contributed by atoms with Gasteiger partial charge in [-0.3, -0.25) is 10.1 Å². The first-order valence-corrected chi connectivity index (χ1v) is 6.55. The third-order valence-electron chi connectivity index (χ3n) is 2.89. The maximum atomic E-state index is 10.8. The van der Waals surface area contributed by atoms with Gasteiger partial charge in [-0.1, -0.05) is 12.1 Å². The summed E-state index contributed by atoms with van der Waals surface area (Å²) in [5.41, 5.74) is 0.864. The van der Waals surface area contributed by atoms with Gasteiger partial charge in [0.15, 0.2) is 0 Å². The second kappa shape index (κ2) is 6.26. The number of nitrogens with zero attached hydrogens (tertiary/aromatic N) is 1. The van der Waals surface area contributed by atoms with Crippen LogP contribution in [0.5, 0.6) is 0 Å². The lowest BCUT2D eigenvalue weighted by atomic mass is 10.1. The van der Waals surface area contributed by atoms with Crippen LogP contribution in [0.3, 0.4) is 0 Å². The Hall–Kier alpha value is -0.980. The summed E-state index contributed by atoms with van der Waals surface area (Å²) in [5.74, 6) is 0.447. The molecule has 1 aliphatic rings. The first-order chi connectivity index (χ1) is 8.68. The van der Waals surface area contributed by atoms with Gasteiger partial charge in [0.2, 0.25) is 0 Å². The number of nitro benzene ring substituents is 1. The molecule has 98 valence electrons. The molecule has 0 saturated carbocycles. The minimum absolute atomic E-state index is 0.0697. The van der Waals surface area contributed by atoms with Gasteiger partial charge < -0.3 is 9.47 Å². The van der Waals surface area contributed by atoms with E-state index in [1.807, 2.05) is 6.07 Å². The Kier molecular flexibility index (Phi) is 4.68. The fourth-order valence-corrected chi connectivity index (χ4v) is 2.39. The van der Waals surface area contributed by atoms with Crippen LogP contribution >= 0.6 is 15.9 Å². The fourth-order valence-electron chi connectivity index (χ4n) is 1.87. The number of benzene rings is 1. The molecule has 0 N–H and O–H groups in total. The van der Waals surface area contributed by atoms with Crippen molar-refractivity contribution in [1.29, 1.82) is 0 Å². The Balaban J connectivity index is 1.92. The molecule has 1 aliphatic heterocycles. The van der Waals surface area contributed by atoms with E-state index >= 15 is 0 Å². The first-order valence-electron chi connectivity index (χ1n) is 5.75. The molecule has 1 aromatic rings. The van der Waals surface area contributed by atoms with Gasteiger partial charge >= 0.3 is 0 Å². The first kappa shape index (κ1) is 13.5. The lowest BCUT2D eigenvalue weighted by molar-refractivity contribution is -0.385. The number of hydrogen-bond donors (Lipinski definition) is 0. The van der Waals surface area contributed by atoms with Crippen molar-refractivity contribution in [2.45, 2.75) is 13.0 Å². The van der Waals surface area contributed by atoms with Crippen LogP contribution in [0.4, 0.5) is 5.69 Å². The maximum Gasteiger partial charge on any atom is 0.283 e. The molecular formula is C12H14BrNO4. The van der Waals surface area contributed by atoms with Crippen molar-refractivity contribution in [3.8, 4) is 0 Å². The molecule has 0 aromatic heterocycles. The average molecular weight is 316 g/mol. The largest absolute Gasteiger partial charge is 0.381 e. The van der Waals surface area contributed by atoms with Crippen LogP contribution in [0.15, 0.2) is 22.7 Å². The minimum Gasteiger partial charge on any atom is -0.381 e. The molecule has 1 aromatic carbocycles. The minimum atomic E-state index is -0.404. The molecule has 1 saturated heterocycles. The lowest BCUT2D eigenvalue weighted by Gasteiger charge is -2.09. The van der Waals surface area contributed by atoms with E-state index in [2.05, 4.69) is 15.9 Å². The van der Waals surface area contributed by atoms with Gasteiger partial charge in [0.1, 0.15) is 4.47 Å². The zero-order valence-corrected chi connectivity index (χ0v) is 11.4. The Morgan fingerprint density at radius 2 is 2.39 bits per heavy atom. The van der Waals surface area contributed by atoms with E-state index in [9.17, 15) is 10.1 Å². The van der Waals surface area contributed by atoms with Gasteiger partial charge in [-0.15, -0.1) is 0 Å². The number of nitro groups is 1. The van der Waals surface area contributed by atoms with E-state index in [0.29, 0.717) is 23.6 Å². The highest BCUT2D eigenvalue weighted by Gasteiger charge is 2.17. The summed E-state index contributed by atoms with van der Waals surface area (Å²) < 4.78 is 11.3. The van der Waals surface area contributed by atoms with E-state index in [1.165, 1.54) is 6.07 Å². The molecule has 0 bridgehead atoms. The number of rotatable bonds is 5. The number of hydrogen-bond acceptors (Lipinski definition) is 4. The average Bonchev–Trinajstić information content (AvgIpc) is 2.84. The molecule has 1 unspecified atom stereocenters. The molecule has 0 radical (unpaired) electrons. The van der Waals surface area contributed by atoms with Crippen molar-refractivity contribution in [2.24, 2.45) is 5.92 Å². The van der Waals surface area contributed by atoms with E-state index < -0.39 is 4.92 Å². The highest BCUT2D eigenvalue weighted by molar-refractivity contribution is 9.10. The molecule has 0 amide bonds. The van der Waals surface area contributed by atoms with Gasteiger partial charge in [-0.2, -0.15) is 0 Å². The summed E-state index contributed by atoms with van der Waals surface area (Å²) in [4.78, 5) is 10.4. The highest BCUT2D eigenvalue weighted by Crippen LogP contribution is 2.28. The molecule has 18 heavy (non-hydrogen) atoms. The molecule has 0 aliphatic carbocycles. The molecule has 1 fully saturated rings. The normalized spacial score (nSPS) is 19.1. The fraction of sp³-hybridized carbons (Fsp3) is 0.500. The van der Waals surface area contributed by atoms with Crippen LogP contribution in [0.25, 0.3) is 0 Å². The summed E-state index contributed by atoms with van der Waals surface area (Å²) in [5, 5.41) is 10.8. The monoisotopic (exact) mass is 315 g/mol. The van der Waals surface area contributed by atoms with Gasteiger partial charge in [-0.05, 0) is 27.9 Å². The van der Waals surface area contributed by atoms with Gasteiger partial charge in [0, 0.05) is 18.6 Å². The van der Waals surface area contributed by atoms with Gasteiger partial charge in [0.25, 0.3) is 5.69 Å². The van der Waals surface area contributed by atoms with Crippen molar-refractivity contribution in [3.05, 3.63) is 38.3 Å². The predicted molar refractivity (Wildman–Crippen MR) is 69.4 cm³/mol. The van der Waals surface area contributed by atoms with Crippen LogP contribution < -0.4 is 0 Å². The second-order valence-electron chi connectivity index (χ2n) is 4.25. The molecule has 0 spiro atoms. The van der Waals surface area contributed by atoms with Crippen LogP contribution in [-0.2, 0) is 16.1 Å². The SMILES string of the molecule is O=[N+]([O-])c1cccc(COCC2CCOC2)c1Br. The maximum absolute atomic E-state index is 10.8. The summed E-state index contributed by atoms with van der Waals surface area (Å²) in [6.07, 6.45) is 1.02. The van der Waals surface area contributed by atoms with Gasteiger partial charge in [0.05, 0.1) is 24.7 Å². The lowest BCUT2D eigenvalue weighted by Crippen LogP contribution is -2.09. The Bertz CT molecular complexity index is 432. The number of ether oxygens (including phenoxy) is 2. The zero-order chi connectivity index (χ0) is 13.0. The zero-order valence-electron chi connectivity index (χ0n) is 9.80. The third kappa shape index (κ3) is 3.28. The molecule has 1 atom stereocenters. The van der Waals surface area contributed by atoms with E-state index in [0.717, 1.165) is 25.2 Å². The Labute approximate surface area is 113 Å². The van der Waals surface area contributed by atoms with Crippen LogP contribution in [0.2, 0.25) is 0 Å². The Morgan fingerprint density at radius 3 is 3.06 bits per heavy atom. The summed E-state index contributed by atoms with van der Waals surface area (Å²) >= 11 is 3.25. The Morgan fingerprint density at radius 1 is 1.56 bits per heavy atom. The van der Waals surface area contributed by atoms with Crippen molar-refractivity contribution < 1.29 is 14.4 Å². The van der Waals surface area contributed by atoms with E-state index in [-0.39, 0.29) is 5.69 Å². The third-order valence-corrected chi connectivity index (χ3v) is 3.81. The molecule has 1 heterocycles. The standard InChI is InChI=1S/C12H14BrNO4/c13-12-10(2-1-3-11(12)14(15)16)8-18-7-9-4-5-17-6-9/h1-3,9H,4-8H2. The molecular weight excluding hydrogens is 302 g/mol. The molecule has 5 nitrogen and oxygen atoms in total. The predicted octanol–water partition coefficient (Wildman–Crippen LogP) is 2.91. The van der Waals surface area contributed by atoms with Crippen molar-refractivity contribution in [2.75, 3.05) is 19.8 Å². The molecule has 2 rings (SSSR count). The molecule has 6 heteroatoms. The van der Waals surface area contributed by atoms with Crippen LogP contribution in [-0.4, -0.2) is 24.7 Å². The van der Waals surface area contributed by atoms with Crippen molar-refractivity contribution >= 4 is 21.6 Å². The van der Waals surface area contributed by atoms with Crippen LogP contribution in [0, 0.1) is 16.0 Å². The van der Waals surface area contributed by atoms with E-state index in [4.69, 9.17) is 9.47 Å². The quantitative estimate of drug-likeness (QED) is 0.619. The van der Waals surface area contributed by atoms with Gasteiger partial charge in [-0.25, -0.2) is 0 Å². The van der Waals surface area contributed by atoms with E-state index in [1.54, 1.807) is 6.07 Å².